The number of thiazole rings is 1. The lowest BCUT2D eigenvalue weighted by molar-refractivity contribution is -0.116. The van der Waals surface area contributed by atoms with Crippen molar-refractivity contribution in [2.24, 2.45) is 0 Å². The zero-order valence-corrected chi connectivity index (χ0v) is 14.9. The van der Waals surface area contributed by atoms with E-state index in [1.165, 1.54) is 11.3 Å². The molecule has 0 spiro atoms. The summed E-state index contributed by atoms with van der Waals surface area (Å²) in [6, 6.07) is 15.0. The van der Waals surface area contributed by atoms with E-state index in [0.717, 1.165) is 33.2 Å². The van der Waals surface area contributed by atoms with Crippen molar-refractivity contribution >= 4 is 34.0 Å². The standard InChI is InChI=1S/C19H16N4O2S/c1-25-14-8-6-13(7-9-14)21-18(24)11-23-16-5-3-2-4-15(16)22-19(23)17-10-20-12-26-17/h2-10,12H,11H2,1H3,(H,21,24). The molecule has 130 valence electrons. The average molecular weight is 364 g/mol. The molecule has 0 atom stereocenters. The van der Waals surface area contributed by atoms with Gasteiger partial charge in [0.25, 0.3) is 0 Å². The highest BCUT2D eigenvalue weighted by atomic mass is 32.1. The predicted molar refractivity (Wildman–Crippen MR) is 102 cm³/mol. The first-order chi connectivity index (χ1) is 12.7. The highest BCUT2D eigenvalue weighted by Crippen LogP contribution is 2.27. The summed E-state index contributed by atoms with van der Waals surface area (Å²) < 4.78 is 7.05. The SMILES string of the molecule is COc1ccc(NC(=O)Cn2c(-c3cncs3)nc3ccccc32)cc1. The van der Waals surface area contributed by atoms with E-state index in [1.807, 2.05) is 53.1 Å². The first kappa shape index (κ1) is 16.3. The van der Waals surface area contributed by atoms with Gasteiger partial charge >= 0.3 is 0 Å². The zero-order valence-electron chi connectivity index (χ0n) is 14.0. The van der Waals surface area contributed by atoms with Gasteiger partial charge in [0.1, 0.15) is 12.3 Å². The second-order valence-corrected chi connectivity index (χ2v) is 6.54. The molecule has 1 N–H and O–H groups in total. The Balaban J connectivity index is 1.63. The van der Waals surface area contributed by atoms with Crippen LogP contribution in [0.1, 0.15) is 0 Å². The summed E-state index contributed by atoms with van der Waals surface area (Å²) >= 11 is 1.50. The van der Waals surface area contributed by atoms with Gasteiger partial charge in [-0.15, -0.1) is 11.3 Å². The van der Waals surface area contributed by atoms with Crippen molar-refractivity contribution in [1.29, 1.82) is 0 Å². The molecule has 0 bridgehead atoms. The van der Waals surface area contributed by atoms with Crippen molar-refractivity contribution in [3.05, 3.63) is 60.2 Å². The number of aromatic nitrogens is 3. The van der Waals surface area contributed by atoms with Gasteiger partial charge in [-0.05, 0) is 36.4 Å². The first-order valence-electron chi connectivity index (χ1n) is 8.02. The number of rotatable bonds is 5. The van der Waals surface area contributed by atoms with Crippen LogP contribution in [-0.2, 0) is 11.3 Å². The van der Waals surface area contributed by atoms with Crippen LogP contribution in [0.5, 0.6) is 5.75 Å². The Morgan fingerprint density at radius 3 is 2.73 bits per heavy atom. The molecule has 2 heterocycles. The Hall–Kier alpha value is -3.19. The number of nitrogens with zero attached hydrogens (tertiary/aromatic N) is 3. The molecule has 7 heteroatoms. The molecule has 4 aromatic rings. The topological polar surface area (TPSA) is 69.0 Å². The number of amides is 1. The minimum absolute atomic E-state index is 0.121. The lowest BCUT2D eigenvalue weighted by Gasteiger charge is -2.10. The third-order valence-corrected chi connectivity index (χ3v) is 4.75. The molecule has 2 aromatic carbocycles. The summed E-state index contributed by atoms with van der Waals surface area (Å²) in [5.41, 5.74) is 4.25. The fourth-order valence-corrected chi connectivity index (χ4v) is 3.39. The second kappa shape index (κ2) is 6.97. The number of anilines is 1. The fraction of sp³-hybridized carbons (Fsp3) is 0.105. The number of ether oxygens (including phenoxy) is 1. The van der Waals surface area contributed by atoms with Gasteiger partial charge in [-0.25, -0.2) is 4.98 Å². The summed E-state index contributed by atoms with van der Waals surface area (Å²) in [6.45, 7) is 0.166. The molecule has 0 saturated carbocycles. The van der Waals surface area contributed by atoms with Crippen LogP contribution in [0.3, 0.4) is 0 Å². The monoisotopic (exact) mass is 364 g/mol. The number of carbonyl (C=O) groups excluding carboxylic acids is 1. The number of fused-ring (bicyclic) bond motifs is 1. The highest BCUT2D eigenvalue weighted by molar-refractivity contribution is 7.13. The Labute approximate surface area is 154 Å². The van der Waals surface area contributed by atoms with Crippen molar-refractivity contribution in [1.82, 2.24) is 14.5 Å². The maximum absolute atomic E-state index is 12.6. The maximum atomic E-state index is 12.6. The molecule has 0 aliphatic rings. The summed E-state index contributed by atoms with van der Waals surface area (Å²) in [7, 11) is 1.61. The zero-order chi connectivity index (χ0) is 17.9. The fourth-order valence-electron chi connectivity index (χ4n) is 2.77. The van der Waals surface area contributed by atoms with Crippen molar-refractivity contribution in [3.63, 3.8) is 0 Å². The summed E-state index contributed by atoms with van der Waals surface area (Å²) in [6.07, 6.45) is 1.77. The molecular weight excluding hydrogens is 348 g/mol. The van der Waals surface area contributed by atoms with Crippen molar-refractivity contribution < 1.29 is 9.53 Å². The van der Waals surface area contributed by atoms with Gasteiger partial charge < -0.3 is 14.6 Å². The number of para-hydroxylation sites is 2. The van der Waals surface area contributed by atoms with Crippen molar-refractivity contribution in [2.45, 2.75) is 6.54 Å². The van der Waals surface area contributed by atoms with Crippen molar-refractivity contribution in [3.8, 4) is 16.5 Å². The van der Waals surface area contributed by atoms with E-state index in [1.54, 1.807) is 18.8 Å². The third-order valence-electron chi connectivity index (χ3n) is 3.98. The number of nitrogens with one attached hydrogen (secondary N) is 1. The number of hydrogen-bond donors (Lipinski definition) is 1. The van der Waals surface area contributed by atoms with E-state index in [-0.39, 0.29) is 12.5 Å². The maximum Gasteiger partial charge on any atom is 0.244 e. The number of imidazole rings is 1. The Morgan fingerprint density at radius 2 is 2.00 bits per heavy atom. The third kappa shape index (κ3) is 3.16. The van der Waals surface area contributed by atoms with E-state index in [2.05, 4.69) is 15.3 Å². The van der Waals surface area contributed by atoms with Crippen LogP contribution >= 0.6 is 11.3 Å². The molecule has 0 unspecified atom stereocenters. The lowest BCUT2D eigenvalue weighted by Crippen LogP contribution is -2.19. The average Bonchev–Trinajstić information content (AvgIpc) is 3.31. The smallest absolute Gasteiger partial charge is 0.244 e. The predicted octanol–water partition coefficient (Wildman–Crippen LogP) is 3.81. The number of carbonyl (C=O) groups is 1. The minimum atomic E-state index is -0.121. The van der Waals surface area contributed by atoms with Crippen LogP contribution in [0.4, 0.5) is 5.69 Å². The van der Waals surface area contributed by atoms with E-state index in [4.69, 9.17) is 4.74 Å². The first-order valence-corrected chi connectivity index (χ1v) is 8.90. The largest absolute Gasteiger partial charge is 0.497 e. The van der Waals surface area contributed by atoms with Crippen molar-refractivity contribution in [2.75, 3.05) is 12.4 Å². The van der Waals surface area contributed by atoms with Gasteiger partial charge in [-0.3, -0.25) is 9.78 Å². The van der Waals surface area contributed by atoms with Crippen LogP contribution in [0, 0.1) is 0 Å². The highest BCUT2D eigenvalue weighted by Gasteiger charge is 2.16. The van der Waals surface area contributed by atoms with Gasteiger partial charge in [0, 0.05) is 11.9 Å². The number of benzene rings is 2. The van der Waals surface area contributed by atoms with Crippen LogP contribution in [0.2, 0.25) is 0 Å². The molecule has 2 aromatic heterocycles. The molecule has 4 rings (SSSR count). The Bertz CT molecular complexity index is 1040. The van der Waals surface area contributed by atoms with E-state index in [0.29, 0.717) is 0 Å². The van der Waals surface area contributed by atoms with Gasteiger partial charge in [0.05, 0.1) is 28.5 Å². The van der Waals surface area contributed by atoms with Gasteiger partial charge in [-0.1, -0.05) is 12.1 Å². The lowest BCUT2D eigenvalue weighted by atomic mass is 10.3. The Morgan fingerprint density at radius 1 is 1.19 bits per heavy atom. The van der Waals surface area contributed by atoms with Crippen LogP contribution in [0.25, 0.3) is 21.7 Å². The second-order valence-electron chi connectivity index (χ2n) is 5.65. The number of hydrogen-bond acceptors (Lipinski definition) is 5. The summed E-state index contributed by atoms with van der Waals surface area (Å²) in [5.74, 6) is 1.37. The molecule has 0 saturated heterocycles. The molecule has 0 aliphatic carbocycles. The molecule has 0 aliphatic heterocycles. The van der Waals surface area contributed by atoms with Crippen LogP contribution < -0.4 is 10.1 Å². The molecule has 0 radical (unpaired) electrons. The minimum Gasteiger partial charge on any atom is -0.497 e. The summed E-state index contributed by atoms with van der Waals surface area (Å²) in [4.78, 5) is 22.3. The molecule has 6 nitrogen and oxygen atoms in total. The van der Waals surface area contributed by atoms with E-state index < -0.39 is 0 Å². The Kier molecular flexibility index (Phi) is 4.37. The van der Waals surface area contributed by atoms with Crippen LogP contribution in [0.15, 0.2) is 60.2 Å². The molecule has 26 heavy (non-hydrogen) atoms. The molecular formula is C19H16N4O2S. The quantitative estimate of drug-likeness (QED) is 0.585. The van der Waals surface area contributed by atoms with Gasteiger partial charge in [-0.2, -0.15) is 0 Å². The molecule has 0 fully saturated rings. The van der Waals surface area contributed by atoms with E-state index >= 15 is 0 Å². The van der Waals surface area contributed by atoms with Crippen LogP contribution in [-0.4, -0.2) is 27.6 Å². The molecule has 1 amide bonds. The normalized spacial score (nSPS) is 10.8. The van der Waals surface area contributed by atoms with E-state index in [9.17, 15) is 4.79 Å². The van der Waals surface area contributed by atoms with Gasteiger partial charge in [0.15, 0.2) is 5.82 Å². The number of methoxy groups -OCH3 is 1. The van der Waals surface area contributed by atoms with Gasteiger partial charge in [0.2, 0.25) is 5.91 Å². The summed E-state index contributed by atoms with van der Waals surface area (Å²) in [5, 5.41) is 2.91.